The first kappa shape index (κ1) is 23.5. The minimum atomic E-state index is -0.955. The Hall–Kier alpha value is -2.68. The highest BCUT2D eigenvalue weighted by Gasteiger charge is 2.33. The molecule has 1 N–H and O–H groups in total. The van der Waals surface area contributed by atoms with Gasteiger partial charge in [0.15, 0.2) is 18.2 Å². The first-order valence-corrected chi connectivity index (χ1v) is 11.4. The van der Waals surface area contributed by atoms with Gasteiger partial charge in [-0.15, -0.1) is 0 Å². The highest BCUT2D eigenvalue weighted by atomic mass is 19.1. The van der Waals surface area contributed by atoms with Crippen LogP contribution >= 0.6 is 0 Å². The van der Waals surface area contributed by atoms with E-state index in [1.54, 1.807) is 23.1 Å². The molecular formula is C25H31FN2O5. The minimum absolute atomic E-state index is 0.0258. The fraction of sp³-hybridized carbons (Fsp3) is 0.480. The first-order valence-electron chi connectivity index (χ1n) is 11.4. The molecule has 0 radical (unpaired) electrons. The molecule has 178 valence electrons. The van der Waals surface area contributed by atoms with Gasteiger partial charge in [-0.05, 0) is 42.7 Å². The Kier molecular flexibility index (Phi) is 7.80. The number of carbonyl (C=O) groups excluding carboxylic acids is 1. The Bertz CT molecular complexity index is 909. The average molecular weight is 459 g/mol. The van der Waals surface area contributed by atoms with Gasteiger partial charge in [0.1, 0.15) is 18.0 Å². The van der Waals surface area contributed by atoms with Crippen molar-refractivity contribution in [2.45, 2.75) is 25.0 Å². The molecule has 0 bridgehead atoms. The molecule has 2 aromatic carbocycles. The molecule has 0 unspecified atom stereocenters. The first-order chi connectivity index (χ1) is 16.0. The summed E-state index contributed by atoms with van der Waals surface area (Å²) in [6.45, 7) is 4.70. The normalized spacial score (nSPS) is 18.7. The lowest BCUT2D eigenvalue weighted by Gasteiger charge is -2.38. The average Bonchev–Trinajstić information content (AvgIpc) is 2.85. The number of ether oxygens (including phenoxy) is 3. The van der Waals surface area contributed by atoms with Crippen LogP contribution in [0.4, 0.5) is 4.39 Å². The van der Waals surface area contributed by atoms with Crippen LogP contribution < -0.4 is 9.47 Å². The molecule has 1 amide bonds. The van der Waals surface area contributed by atoms with Crippen LogP contribution in [0, 0.1) is 5.82 Å². The molecule has 2 heterocycles. The van der Waals surface area contributed by atoms with E-state index in [0.717, 1.165) is 25.2 Å². The van der Waals surface area contributed by atoms with E-state index in [1.165, 1.54) is 6.07 Å². The number of halogens is 1. The van der Waals surface area contributed by atoms with E-state index in [-0.39, 0.29) is 24.9 Å². The van der Waals surface area contributed by atoms with Gasteiger partial charge in [0, 0.05) is 32.7 Å². The van der Waals surface area contributed by atoms with E-state index < -0.39 is 11.4 Å². The van der Waals surface area contributed by atoms with Crippen molar-refractivity contribution in [2.75, 3.05) is 52.6 Å². The highest BCUT2D eigenvalue weighted by molar-refractivity contribution is 5.77. The molecule has 0 aliphatic carbocycles. The number of carbonyl (C=O) groups is 1. The number of likely N-dealkylation sites (tertiary alicyclic amines) is 1. The molecule has 2 aliphatic heterocycles. The minimum Gasteiger partial charge on any atom is -0.488 e. The number of hydrogen-bond acceptors (Lipinski definition) is 6. The lowest BCUT2D eigenvalue weighted by molar-refractivity contribution is -0.137. The van der Waals surface area contributed by atoms with E-state index in [0.29, 0.717) is 44.9 Å². The molecule has 2 aliphatic rings. The summed E-state index contributed by atoms with van der Waals surface area (Å²) < 4.78 is 30.2. The maximum Gasteiger partial charge on any atom is 0.260 e. The zero-order valence-electron chi connectivity index (χ0n) is 18.7. The van der Waals surface area contributed by atoms with E-state index in [4.69, 9.17) is 14.2 Å². The summed E-state index contributed by atoms with van der Waals surface area (Å²) in [6, 6.07) is 14.0. The summed E-state index contributed by atoms with van der Waals surface area (Å²) in [5.41, 5.74) is 0.179. The van der Waals surface area contributed by atoms with Crippen LogP contribution in [0.5, 0.6) is 11.5 Å². The second-order valence-electron chi connectivity index (χ2n) is 8.65. The SMILES string of the molecule is O=C(COc1ccc(CN2CCC(O)(COc3ccccc3F)CC2)cc1)N1CCOCC1. The summed E-state index contributed by atoms with van der Waals surface area (Å²) in [4.78, 5) is 16.2. The topological polar surface area (TPSA) is 71.5 Å². The predicted octanol–water partition coefficient (Wildman–Crippen LogP) is 2.47. The molecule has 0 atom stereocenters. The van der Waals surface area contributed by atoms with Crippen LogP contribution in [0.1, 0.15) is 18.4 Å². The molecule has 2 aromatic rings. The molecule has 0 saturated carbocycles. The van der Waals surface area contributed by atoms with Gasteiger partial charge in [-0.3, -0.25) is 9.69 Å². The Labute approximate surface area is 193 Å². The van der Waals surface area contributed by atoms with Crippen molar-refractivity contribution in [1.82, 2.24) is 9.80 Å². The fourth-order valence-corrected chi connectivity index (χ4v) is 4.04. The number of rotatable bonds is 8. The molecule has 7 nitrogen and oxygen atoms in total. The number of aliphatic hydroxyl groups is 1. The van der Waals surface area contributed by atoms with Crippen LogP contribution in [0.15, 0.2) is 48.5 Å². The smallest absolute Gasteiger partial charge is 0.260 e. The number of benzene rings is 2. The summed E-state index contributed by atoms with van der Waals surface area (Å²) in [6.07, 6.45) is 1.12. The van der Waals surface area contributed by atoms with Crippen LogP contribution in [-0.2, 0) is 16.1 Å². The third kappa shape index (κ3) is 6.66. The summed E-state index contributed by atoms with van der Waals surface area (Å²) in [7, 11) is 0. The number of amides is 1. The number of hydrogen-bond donors (Lipinski definition) is 1. The van der Waals surface area contributed by atoms with Crippen LogP contribution in [0.25, 0.3) is 0 Å². The molecule has 2 fully saturated rings. The van der Waals surface area contributed by atoms with Gasteiger partial charge in [0.2, 0.25) is 0 Å². The fourth-order valence-electron chi connectivity index (χ4n) is 4.04. The standard InChI is InChI=1S/C25H31FN2O5/c26-22-3-1-2-4-23(22)33-19-25(30)9-11-27(12-10-25)17-20-5-7-21(8-6-20)32-18-24(29)28-13-15-31-16-14-28/h1-8,30H,9-19H2. The van der Waals surface area contributed by atoms with Crippen molar-refractivity contribution >= 4 is 5.91 Å². The maximum atomic E-state index is 13.7. The molecular weight excluding hydrogens is 427 g/mol. The highest BCUT2D eigenvalue weighted by Crippen LogP contribution is 2.26. The maximum absolute atomic E-state index is 13.7. The van der Waals surface area contributed by atoms with Gasteiger partial charge >= 0.3 is 0 Å². The molecule has 2 saturated heterocycles. The number of para-hydroxylation sites is 1. The van der Waals surface area contributed by atoms with Crippen LogP contribution in [0.3, 0.4) is 0 Å². The third-order valence-corrected chi connectivity index (χ3v) is 6.18. The Morgan fingerprint density at radius 2 is 1.70 bits per heavy atom. The quantitative estimate of drug-likeness (QED) is 0.656. The van der Waals surface area contributed by atoms with Crippen molar-refractivity contribution in [3.05, 3.63) is 59.9 Å². The summed E-state index contributed by atoms with van der Waals surface area (Å²) in [5.74, 6) is 0.388. The number of morpholine rings is 1. The lowest BCUT2D eigenvalue weighted by Crippen LogP contribution is -2.47. The zero-order chi connectivity index (χ0) is 23.1. The van der Waals surface area contributed by atoms with E-state index in [9.17, 15) is 14.3 Å². The molecule has 33 heavy (non-hydrogen) atoms. The van der Waals surface area contributed by atoms with Gasteiger partial charge < -0.3 is 24.2 Å². The second-order valence-corrected chi connectivity index (χ2v) is 8.65. The van der Waals surface area contributed by atoms with Crippen molar-refractivity contribution in [3.63, 3.8) is 0 Å². The molecule has 4 rings (SSSR count). The van der Waals surface area contributed by atoms with Gasteiger partial charge in [-0.25, -0.2) is 4.39 Å². The lowest BCUT2D eigenvalue weighted by atomic mass is 9.92. The Morgan fingerprint density at radius 3 is 2.39 bits per heavy atom. The van der Waals surface area contributed by atoms with Gasteiger partial charge in [0.25, 0.3) is 5.91 Å². The monoisotopic (exact) mass is 458 g/mol. The van der Waals surface area contributed by atoms with Crippen LogP contribution in [0.2, 0.25) is 0 Å². The van der Waals surface area contributed by atoms with E-state index in [2.05, 4.69) is 4.90 Å². The Balaban J connectivity index is 1.19. The van der Waals surface area contributed by atoms with E-state index in [1.807, 2.05) is 24.3 Å². The zero-order valence-corrected chi connectivity index (χ0v) is 18.7. The van der Waals surface area contributed by atoms with Gasteiger partial charge in [-0.1, -0.05) is 24.3 Å². The van der Waals surface area contributed by atoms with Crippen molar-refractivity contribution in [3.8, 4) is 11.5 Å². The largest absolute Gasteiger partial charge is 0.488 e. The molecule has 0 spiro atoms. The van der Waals surface area contributed by atoms with Crippen LogP contribution in [-0.4, -0.2) is 79.0 Å². The third-order valence-electron chi connectivity index (χ3n) is 6.18. The van der Waals surface area contributed by atoms with Gasteiger partial charge in [0.05, 0.1) is 13.2 Å². The number of piperidine rings is 1. The van der Waals surface area contributed by atoms with Crippen molar-refractivity contribution in [2.24, 2.45) is 0 Å². The van der Waals surface area contributed by atoms with Crippen molar-refractivity contribution < 1.29 is 28.5 Å². The summed E-state index contributed by atoms with van der Waals surface area (Å²) in [5, 5.41) is 10.8. The Morgan fingerprint density at radius 1 is 1.00 bits per heavy atom. The predicted molar refractivity (Wildman–Crippen MR) is 121 cm³/mol. The summed E-state index contributed by atoms with van der Waals surface area (Å²) >= 11 is 0. The van der Waals surface area contributed by atoms with E-state index >= 15 is 0 Å². The van der Waals surface area contributed by atoms with Gasteiger partial charge in [-0.2, -0.15) is 0 Å². The second kappa shape index (κ2) is 11.0. The molecule has 0 aromatic heterocycles. The van der Waals surface area contributed by atoms with Crippen molar-refractivity contribution in [1.29, 1.82) is 0 Å². The number of nitrogens with zero attached hydrogens (tertiary/aromatic N) is 2. The molecule has 8 heteroatoms.